The molecular formula is C29H34ClN5O3. The Bertz CT molecular complexity index is 1440. The van der Waals surface area contributed by atoms with Gasteiger partial charge in [0.1, 0.15) is 13.2 Å². The summed E-state index contributed by atoms with van der Waals surface area (Å²) in [5.41, 5.74) is 4.27. The van der Waals surface area contributed by atoms with Gasteiger partial charge in [0.25, 0.3) is 5.56 Å². The minimum Gasteiger partial charge on any atom is -0.486 e. The number of nitrogens with zero attached hydrogens (tertiary/aromatic N) is 4. The van der Waals surface area contributed by atoms with Crippen LogP contribution in [0.25, 0.3) is 16.6 Å². The molecule has 0 amide bonds. The smallest absolute Gasteiger partial charge is 0.251 e. The summed E-state index contributed by atoms with van der Waals surface area (Å²) >= 11 is 0. The summed E-state index contributed by atoms with van der Waals surface area (Å²) in [5.74, 6) is 1.68. The Labute approximate surface area is 228 Å². The maximum Gasteiger partial charge on any atom is 0.251 e. The van der Waals surface area contributed by atoms with E-state index in [9.17, 15) is 4.79 Å². The number of rotatable bonds is 7. The van der Waals surface area contributed by atoms with Gasteiger partial charge in [0.05, 0.1) is 11.8 Å². The SMILES string of the molecule is Cc1cc(=O)n(CCN2CCC(NCc3ccc4c(c3)OCCO4)CC2)c2cc(-n3ccnc3)ccc12.Cl. The third-order valence-corrected chi connectivity index (χ3v) is 7.53. The second-order valence-corrected chi connectivity index (χ2v) is 9.96. The first kappa shape index (κ1) is 26.3. The van der Waals surface area contributed by atoms with E-state index in [4.69, 9.17) is 9.47 Å². The zero-order valence-corrected chi connectivity index (χ0v) is 22.5. The molecule has 6 rings (SSSR count). The van der Waals surface area contributed by atoms with Crippen molar-refractivity contribution in [3.63, 3.8) is 0 Å². The fourth-order valence-electron chi connectivity index (χ4n) is 5.40. The number of hydrogen-bond donors (Lipinski definition) is 1. The third kappa shape index (κ3) is 5.57. The average Bonchev–Trinajstić information content (AvgIpc) is 3.47. The van der Waals surface area contributed by atoms with E-state index in [-0.39, 0.29) is 18.0 Å². The van der Waals surface area contributed by atoms with Crippen LogP contribution in [0.5, 0.6) is 11.5 Å². The Morgan fingerprint density at radius 2 is 1.82 bits per heavy atom. The van der Waals surface area contributed by atoms with E-state index in [1.54, 1.807) is 18.6 Å². The van der Waals surface area contributed by atoms with E-state index < -0.39 is 0 Å². The van der Waals surface area contributed by atoms with Crippen molar-refractivity contribution in [2.24, 2.45) is 0 Å². The highest BCUT2D eigenvalue weighted by Gasteiger charge is 2.20. The summed E-state index contributed by atoms with van der Waals surface area (Å²) in [6.07, 6.45) is 7.66. The van der Waals surface area contributed by atoms with Crippen LogP contribution in [0.4, 0.5) is 0 Å². The van der Waals surface area contributed by atoms with Crippen molar-refractivity contribution in [3.8, 4) is 17.2 Å². The van der Waals surface area contributed by atoms with Gasteiger partial charge in [0.2, 0.25) is 0 Å². The summed E-state index contributed by atoms with van der Waals surface area (Å²) in [7, 11) is 0. The average molecular weight is 536 g/mol. The van der Waals surface area contributed by atoms with E-state index in [2.05, 4.69) is 45.5 Å². The standard InChI is InChI=1S/C29H33N5O3.ClH/c1-21-16-29(35)34(26-18-24(3-4-25(21)26)33-11-8-30-20-33)13-12-32-9-6-23(7-10-32)31-19-22-2-5-27-28(17-22)37-15-14-36-27;/h2-5,8,11,16-18,20,23,31H,6-7,9-10,12-15,19H2,1H3;1H. The zero-order valence-electron chi connectivity index (χ0n) is 21.6. The summed E-state index contributed by atoms with van der Waals surface area (Å²) in [5, 5.41) is 4.83. The van der Waals surface area contributed by atoms with Crippen LogP contribution in [-0.2, 0) is 13.1 Å². The van der Waals surface area contributed by atoms with Crippen LogP contribution in [0.15, 0.2) is 66.0 Å². The van der Waals surface area contributed by atoms with E-state index >= 15 is 0 Å². The van der Waals surface area contributed by atoms with Crippen LogP contribution in [0.2, 0.25) is 0 Å². The fourth-order valence-corrected chi connectivity index (χ4v) is 5.40. The molecule has 200 valence electrons. The van der Waals surface area contributed by atoms with Gasteiger partial charge in [0.15, 0.2) is 11.5 Å². The molecule has 0 spiro atoms. The van der Waals surface area contributed by atoms with E-state index in [1.807, 2.05) is 28.3 Å². The molecule has 9 heteroatoms. The van der Waals surface area contributed by atoms with Crippen LogP contribution in [-0.4, -0.2) is 57.9 Å². The van der Waals surface area contributed by atoms with Crippen molar-refractivity contribution in [2.75, 3.05) is 32.8 Å². The molecule has 8 nitrogen and oxygen atoms in total. The van der Waals surface area contributed by atoms with Crippen LogP contribution < -0.4 is 20.3 Å². The lowest BCUT2D eigenvalue weighted by molar-refractivity contribution is 0.171. The number of pyridine rings is 1. The molecule has 0 aliphatic carbocycles. The highest BCUT2D eigenvalue weighted by molar-refractivity contribution is 5.85. The topological polar surface area (TPSA) is 73.6 Å². The predicted molar refractivity (Wildman–Crippen MR) is 151 cm³/mol. The number of imidazole rings is 1. The number of benzene rings is 2. The molecule has 0 radical (unpaired) electrons. The Kier molecular flexibility index (Phi) is 8.02. The van der Waals surface area contributed by atoms with E-state index in [0.717, 1.165) is 72.7 Å². The van der Waals surface area contributed by atoms with Gasteiger partial charge in [-0.3, -0.25) is 4.79 Å². The Morgan fingerprint density at radius 3 is 2.61 bits per heavy atom. The van der Waals surface area contributed by atoms with E-state index in [1.165, 1.54) is 5.56 Å². The van der Waals surface area contributed by atoms with Crippen LogP contribution in [0.1, 0.15) is 24.0 Å². The molecule has 0 unspecified atom stereocenters. The first-order chi connectivity index (χ1) is 18.1. The molecule has 0 atom stereocenters. The molecule has 4 heterocycles. The second kappa shape index (κ2) is 11.6. The lowest BCUT2D eigenvalue weighted by Crippen LogP contribution is -2.43. The first-order valence-electron chi connectivity index (χ1n) is 13.1. The lowest BCUT2D eigenvalue weighted by atomic mass is 10.0. The van der Waals surface area contributed by atoms with Crippen molar-refractivity contribution in [2.45, 2.75) is 38.9 Å². The quantitative estimate of drug-likeness (QED) is 0.386. The Morgan fingerprint density at radius 1 is 1.00 bits per heavy atom. The molecule has 1 N–H and O–H groups in total. The minimum atomic E-state index is 0. The van der Waals surface area contributed by atoms with Gasteiger partial charge in [0, 0.05) is 55.2 Å². The van der Waals surface area contributed by atoms with Crippen molar-refractivity contribution >= 4 is 23.3 Å². The maximum absolute atomic E-state index is 13.0. The molecule has 4 aromatic rings. The van der Waals surface area contributed by atoms with Crippen molar-refractivity contribution in [1.82, 2.24) is 24.3 Å². The predicted octanol–water partition coefficient (Wildman–Crippen LogP) is 3.94. The molecular weight excluding hydrogens is 502 g/mol. The highest BCUT2D eigenvalue weighted by atomic mass is 35.5. The number of likely N-dealkylation sites (tertiary alicyclic amines) is 1. The molecule has 1 saturated heterocycles. The number of aromatic nitrogens is 3. The largest absolute Gasteiger partial charge is 0.486 e. The molecule has 0 bridgehead atoms. The molecule has 2 aliphatic rings. The number of fused-ring (bicyclic) bond motifs is 2. The summed E-state index contributed by atoms with van der Waals surface area (Å²) < 4.78 is 15.2. The minimum absolute atomic E-state index is 0. The summed E-state index contributed by atoms with van der Waals surface area (Å²) in [6, 6.07) is 14.7. The van der Waals surface area contributed by atoms with Gasteiger partial charge >= 0.3 is 0 Å². The van der Waals surface area contributed by atoms with Crippen LogP contribution in [0, 0.1) is 6.92 Å². The van der Waals surface area contributed by atoms with Gasteiger partial charge in [-0.1, -0.05) is 12.1 Å². The van der Waals surface area contributed by atoms with Crippen LogP contribution >= 0.6 is 12.4 Å². The third-order valence-electron chi connectivity index (χ3n) is 7.53. The molecule has 2 aromatic heterocycles. The van der Waals surface area contributed by atoms with Crippen molar-refractivity contribution in [1.29, 1.82) is 0 Å². The van der Waals surface area contributed by atoms with Gasteiger partial charge in [-0.2, -0.15) is 0 Å². The first-order valence-corrected chi connectivity index (χ1v) is 13.1. The van der Waals surface area contributed by atoms with Gasteiger partial charge in [-0.05, 0) is 68.2 Å². The molecule has 2 aliphatic heterocycles. The second-order valence-electron chi connectivity index (χ2n) is 9.96. The molecule has 2 aromatic carbocycles. The molecule has 38 heavy (non-hydrogen) atoms. The van der Waals surface area contributed by atoms with Crippen LogP contribution in [0.3, 0.4) is 0 Å². The van der Waals surface area contributed by atoms with E-state index in [0.29, 0.717) is 25.8 Å². The lowest BCUT2D eigenvalue weighted by Gasteiger charge is -2.32. The zero-order chi connectivity index (χ0) is 25.2. The van der Waals surface area contributed by atoms with Gasteiger partial charge in [-0.25, -0.2) is 4.98 Å². The van der Waals surface area contributed by atoms with Crippen molar-refractivity contribution in [3.05, 3.63) is 82.7 Å². The monoisotopic (exact) mass is 535 g/mol. The van der Waals surface area contributed by atoms with Crippen molar-refractivity contribution < 1.29 is 9.47 Å². The number of nitrogens with one attached hydrogen (secondary N) is 1. The maximum atomic E-state index is 13.0. The normalized spacial score (nSPS) is 15.9. The molecule has 1 fully saturated rings. The number of aryl methyl sites for hydroxylation is 1. The molecule has 0 saturated carbocycles. The number of hydrogen-bond acceptors (Lipinski definition) is 6. The Balaban J connectivity index is 0.00000294. The highest BCUT2D eigenvalue weighted by Crippen LogP contribution is 2.30. The summed E-state index contributed by atoms with van der Waals surface area (Å²) in [4.78, 5) is 19.6. The fraction of sp³-hybridized carbons (Fsp3) is 0.379. The van der Waals surface area contributed by atoms with Gasteiger partial charge < -0.3 is 28.8 Å². The number of ether oxygens (including phenoxy) is 2. The number of halogens is 1. The number of piperidine rings is 1. The Hall–Kier alpha value is -3.33. The summed E-state index contributed by atoms with van der Waals surface area (Å²) in [6.45, 7) is 7.65. The van der Waals surface area contributed by atoms with Gasteiger partial charge in [-0.15, -0.1) is 12.4 Å².